The Morgan fingerprint density at radius 2 is 1.86 bits per heavy atom. The predicted molar refractivity (Wildman–Crippen MR) is 78.9 cm³/mol. The molecule has 0 unspecified atom stereocenters. The van der Waals surface area contributed by atoms with Gasteiger partial charge in [-0.2, -0.15) is 0 Å². The van der Waals surface area contributed by atoms with E-state index in [4.69, 9.17) is 4.74 Å². The van der Waals surface area contributed by atoms with E-state index in [0.29, 0.717) is 23.9 Å². The standard InChI is InChI=1S/C16H18N2O3/c1-3-11(2)10-21-16(20)13-8-17-15(18-9-13)12-4-6-14(19)7-5-12/h4-9,11,19H,3,10H2,1-2H3/t11-/m0/s1. The summed E-state index contributed by atoms with van der Waals surface area (Å²) in [6, 6.07) is 6.55. The molecule has 0 aliphatic heterocycles. The average Bonchev–Trinajstić information content (AvgIpc) is 2.53. The molecule has 0 spiro atoms. The minimum Gasteiger partial charge on any atom is -0.508 e. The number of hydrogen-bond acceptors (Lipinski definition) is 5. The first kappa shape index (κ1) is 15.0. The largest absolute Gasteiger partial charge is 0.508 e. The first-order valence-electron chi connectivity index (χ1n) is 6.88. The van der Waals surface area contributed by atoms with Crippen LogP contribution in [0.1, 0.15) is 30.6 Å². The number of benzene rings is 1. The summed E-state index contributed by atoms with van der Waals surface area (Å²) in [7, 11) is 0. The molecule has 1 N–H and O–H groups in total. The zero-order valence-electron chi connectivity index (χ0n) is 12.1. The minimum absolute atomic E-state index is 0.184. The van der Waals surface area contributed by atoms with Gasteiger partial charge in [0.2, 0.25) is 0 Å². The number of rotatable bonds is 5. The molecule has 0 aliphatic rings. The summed E-state index contributed by atoms with van der Waals surface area (Å²) < 4.78 is 5.19. The lowest BCUT2D eigenvalue weighted by molar-refractivity contribution is 0.0446. The molecule has 2 aromatic rings. The van der Waals surface area contributed by atoms with E-state index in [2.05, 4.69) is 9.97 Å². The molecule has 0 amide bonds. The van der Waals surface area contributed by atoms with Crippen molar-refractivity contribution in [1.29, 1.82) is 0 Å². The van der Waals surface area contributed by atoms with E-state index in [1.165, 1.54) is 12.4 Å². The summed E-state index contributed by atoms with van der Waals surface area (Å²) in [6.45, 7) is 4.47. The fraction of sp³-hybridized carbons (Fsp3) is 0.312. The van der Waals surface area contributed by atoms with Crippen LogP contribution in [0.2, 0.25) is 0 Å². The van der Waals surface area contributed by atoms with Crippen LogP contribution in [0.25, 0.3) is 11.4 Å². The lowest BCUT2D eigenvalue weighted by Gasteiger charge is -2.09. The predicted octanol–water partition coefficient (Wildman–Crippen LogP) is 3.05. The molecule has 0 saturated carbocycles. The van der Waals surface area contributed by atoms with E-state index in [1.807, 2.05) is 13.8 Å². The summed E-state index contributed by atoms with van der Waals surface area (Å²) >= 11 is 0. The number of ether oxygens (including phenoxy) is 1. The second-order valence-corrected chi connectivity index (χ2v) is 4.95. The zero-order valence-corrected chi connectivity index (χ0v) is 12.1. The van der Waals surface area contributed by atoms with Crippen LogP contribution >= 0.6 is 0 Å². The van der Waals surface area contributed by atoms with Crippen LogP contribution < -0.4 is 0 Å². The molecule has 5 heteroatoms. The first-order chi connectivity index (χ1) is 10.1. The van der Waals surface area contributed by atoms with Gasteiger partial charge in [0.25, 0.3) is 0 Å². The fourth-order valence-electron chi connectivity index (χ4n) is 1.61. The van der Waals surface area contributed by atoms with Crippen molar-refractivity contribution in [3.8, 4) is 17.1 Å². The zero-order chi connectivity index (χ0) is 15.2. The molecule has 5 nitrogen and oxygen atoms in total. The fourth-order valence-corrected chi connectivity index (χ4v) is 1.61. The third-order valence-electron chi connectivity index (χ3n) is 3.21. The Morgan fingerprint density at radius 3 is 2.43 bits per heavy atom. The van der Waals surface area contributed by atoms with E-state index < -0.39 is 5.97 Å². The van der Waals surface area contributed by atoms with Crippen molar-refractivity contribution in [1.82, 2.24) is 9.97 Å². The van der Waals surface area contributed by atoms with Crippen LogP contribution in [-0.4, -0.2) is 27.7 Å². The number of esters is 1. The van der Waals surface area contributed by atoms with E-state index in [1.54, 1.807) is 24.3 Å². The molecular formula is C16H18N2O3. The van der Waals surface area contributed by atoms with Crippen molar-refractivity contribution in [2.45, 2.75) is 20.3 Å². The van der Waals surface area contributed by atoms with Gasteiger partial charge in [-0.15, -0.1) is 0 Å². The van der Waals surface area contributed by atoms with Crippen LogP contribution in [-0.2, 0) is 4.74 Å². The van der Waals surface area contributed by atoms with E-state index >= 15 is 0 Å². The molecule has 1 aromatic carbocycles. The van der Waals surface area contributed by atoms with Crippen LogP contribution in [0, 0.1) is 5.92 Å². The highest BCUT2D eigenvalue weighted by molar-refractivity contribution is 5.88. The molecule has 0 aliphatic carbocycles. The second kappa shape index (κ2) is 6.83. The second-order valence-electron chi connectivity index (χ2n) is 4.95. The van der Waals surface area contributed by atoms with E-state index in [0.717, 1.165) is 12.0 Å². The molecule has 110 valence electrons. The maximum Gasteiger partial charge on any atom is 0.341 e. The van der Waals surface area contributed by atoms with Crippen LogP contribution in [0.5, 0.6) is 5.75 Å². The number of aromatic hydroxyl groups is 1. The van der Waals surface area contributed by atoms with Gasteiger partial charge in [0.05, 0.1) is 12.2 Å². The number of nitrogens with zero attached hydrogens (tertiary/aromatic N) is 2. The topological polar surface area (TPSA) is 72.3 Å². The Kier molecular flexibility index (Phi) is 4.87. The Hall–Kier alpha value is -2.43. The van der Waals surface area contributed by atoms with Gasteiger partial charge in [0, 0.05) is 18.0 Å². The highest BCUT2D eigenvalue weighted by atomic mass is 16.5. The van der Waals surface area contributed by atoms with Crippen molar-refractivity contribution in [2.24, 2.45) is 5.92 Å². The molecule has 1 aromatic heterocycles. The van der Waals surface area contributed by atoms with Crippen molar-refractivity contribution in [2.75, 3.05) is 6.61 Å². The van der Waals surface area contributed by atoms with Gasteiger partial charge in [0.15, 0.2) is 5.82 Å². The number of carbonyl (C=O) groups excluding carboxylic acids is 1. The number of phenols is 1. The van der Waals surface area contributed by atoms with Gasteiger partial charge in [-0.05, 0) is 30.2 Å². The summed E-state index contributed by atoms with van der Waals surface area (Å²) in [6.07, 6.45) is 3.87. The monoisotopic (exact) mass is 286 g/mol. The summed E-state index contributed by atoms with van der Waals surface area (Å²) in [5.74, 6) is 0.608. The van der Waals surface area contributed by atoms with Crippen LogP contribution in [0.15, 0.2) is 36.7 Å². The summed E-state index contributed by atoms with van der Waals surface area (Å²) in [4.78, 5) is 20.1. The summed E-state index contributed by atoms with van der Waals surface area (Å²) in [5, 5.41) is 9.24. The van der Waals surface area contributed by atoms with Gasteiger partial charge < -0.3 is 9.84 Å². The molecule has 21 heavy (non-hydrogen) atoms. The normalized spacial score (nSPS) is 11.9. The lowest BCUT2D eigenvalue weighted by Crippen LogP contribution is -2.12. The Balaban J connectivity index is 2.04. The molecule has 0 radical (unpaired) electrons. The third-order valence-corrected chi connectivity index (χ3v) is 3.21. The smallest absolute Gasteiger partial charge is 0.341 e. The third kappa shape index (κ3) is 4.02. The molecule has 0 fully saturated rings. The van der Waals surface area contributed by atoms with Crippen molar-refractivity contribution >= 4 is 5.97 Å². The number of carbonyl (C=O) groups is 1. The van der Waals surface area contributed by atoms with Crippen LogP contribution in [0.3, 0.4) is 0 Å². The summed E-state index contributed by atoms with van der Waals surface area (Å²) in [5.41, 5.74) is 1.10. The Labute approximate surface area is 123 Å². The molecule has 0 saturated heterocycles. The molecular weight excluding hydrogens is 268 g/mol. The van der Waals surface area contributed by atoms with Crippen molar-refractivity contribution in [3.05, 3.63) is 42.2 Å². The van der Waals surface area contributed by atoms with Gasteiger partial charge >= 0.3 is 5.97 Å². The highest BCUT2D eigenvalue weighted by Crippen LogP contribution is 2.18. The van der Waals surface area contributed by atoms with Gasteiger partial charge in [-0.3, -0.25) is 0 Å². The van der Waals surface area contributed by atoms with Gasteiger partial charge in [-0.25, -0.2) is 14.8 Å². The van der Waals surface area contributed by atoms with E-state index in [9.17, 15) is 9.90 Å². The van der Waals surface area contributed by atoms with Crippen molar-refractivity contribution < 1.29 is 14.6 Å². The molecule has 0 bridgehead atoms. The number of hydrogen-bond donors (Lipinski definition) is 1. The van der Waals surface area contributed by atoms with Crippen molar-refractivity contribution in [3.63, 3.8) is 0 Å². The first-order valence-corrected chi connectivity index (χ1v) is 6.88. The number of phenolic OH excluding ortho intramolecular Hbond substituents is 1. The Bertz CT molecular complexity index is 594. The highest BCUT2D eigenvalue weighted by Gasteiger charge is 2.11. The van der Waals surface area contributed by atoms with E-state index in [-0.39, 0.29) is 5.75 Å². The van der Waals surface area contributed by atoms with Crippen LogP contribution in [0.4, 0.5) is 0 Å². The average molecular weight is 286 g/mol. The minimum atomic E-state index is -0.410. The Morgan fingerprint density at radius 1 is 1.24 bits per heavy atom. The SMILES string of the molecule is CC[C@H](C)COC(=O)c1cnc(-c2ccc(O)cc2)nc1. The lowest BCUT2D eigenvalue weighted by atomic mass is 10.1. The number of aromatic nitrogens is 2. The van der Waals surface area contributed by atoms with Gasteiger partial charge in [-0.1, -0.05) is 20.3 Å². The molecule has 1 atom stereocenters. The quantitative estimate of drug-likeness (QED) is 0.855. The maximum atomic E-state index is 11.8. The molecule has 2 rings (SSSR count). The molecule has 1 heterocycles. The maximum absolute atomic E-state index is 11.8. The van der Waals surface area contributed by atoms with Gasteiger partial charge in [0.1, 0.15) is 5.75 Å².